The van der Waals surface area contributed by atoms with Crippen LogP contribution in [0.4, 0.5) is 0 Å². The minimum atomic E-state index is -0.280. The van der Waals surface area contributed by atoms with Crippen molar-refractivity contribution in [2.45, 2.75) is 51.1 Å². The van der Waals surface area contributed by atoms with Crippen molar-refractivity contribution < 1.29 is 4.79 Å². The van der Waals surface area contributed by atoms with Gasteiger partial charge in [0, 0.05) is 18.6 Å². The van der Waals surface area contributed by atoms with Crippen molar-refractivity contribution in [3.8, 4) is 0 Å². The molecule has 20 heavy (non-hydrogen) atoms. The summed E-state index contributed by atoms with van der Waals surface area (Å²) in [5, 5.41) is 2.09. The predicted octanol–water partition coefficient (Wildman–Crippen LogP) is 2.02. The van der Waals surface area contributed by atoms with E-state index in [1.807, 2.05) is 30.3 Å². The number of amides is 1. The molecule has 110 valence electrons. The standard InChI is InChI=1S/C16H25N3O/c1-12-7-6-8-13(2)19(12)18-16(20)15(11-17)14-9-4-3-5-10-14/h3-5,9-10,12-13,15H,6-8,11,17H2,1-2H3,(H,18,20). The Morgan fingerprint density at radius 2 is 1.90 bits per heavy atom. The molecular weight excluding hydrogens is 250 g/mol. The second kappa shape index (κ2) is 6.86. The first-order valence-corrected chi connectivity index (χ1v) is 7.47. The second-order valence-electron chi connectivity index (χ2n) is 5.71. The average Bonchev–Trinajstić information content (AvgIpc) is 2.45. The third kappa shape index (κ3) is 3.38. The molecule has 0 bridgehead atoms. The lowest BCUT2D eigenvalue weighted by molar-refractivity contribution is -0.130. The van der Waals surface area contributed by atoms with Crippen LogP contribution in [-0.2, 0) is 4.79 Å². The van der Waals surface area contributed by atoms with Crippen LogP contribution in [0.5, 0.6) is 0 Å². The molecule has 0 spiro atoms. The largest absolute Gasteiger partial charge is 0.329 e. The predicted molar refractivity (Wildman–Crippen MR) is 81.0 cm³/mol. The lowest BCUT2D eigenvalue weighted by atomic mass is 9.97. The number of piperidine rings is 1. The highest BCUT2D eigenvalue weighted by Gasteiger charge is 2.28. The highest BCUT2D eigenvalue weighted by molar-refractivity contribution is 5.83. The van der Waals surface area contributed by atoms with E-state index in [-0.39, 0.29) is 11.8 Å². The normalized spacial score (nSPS) is 25.1. The summed E-state index contributed by atoms with van der Waals surface area (Å²) in [6.45, 7) is 4.65. The van der Waals surface area contributed by atoms with Crippen LogP contribution in [0.1, 0.15) is 44.6 Å². The Morgan fingerprint density at radius 3 is 2.45 bits per heavy atom. The van der Waals surface area contributed by atoms with Gasteiger partial charge in [-0.05, 0) is 32.3 Å². The van der Waals surface area contributed by atoms with Crippen molar-refractivity contribution in [1.82, 2.24) is 10.4 Å². The van der Waals surface area contributed by atoms with Crippen molar-refractivity contribution in [1.29, 1.82) is 0 Å². The molecule has 4 nitrogen and oxygen atoms in total. The van der Waals surface area contributed by atoms with Gasteiger partial charge in [-0.1, -0.05) is 36.8 Å². The van der Waals surface area contributed by atoms with Crippen molar-refractivity contribution in [3.63, 3.8) is 0 Å². The van der Waals surface area contributed by atoms with Crippen LogP contribution in [0, 0.1) is 0 Å². The van der Waals surface area contributed by atoms with E-state index in [1.165, 1.54) is 6.42 Å². The summed E-state index contributed by atoms with van der Waals surface area (Å²) in [5.74, 6) is -0.281. The van der Waals surface area contributed by atoms with Gasteiger partial charge in [0.2, 0.25) is 5.91 Å². The van der Waals surface area contributed by atoms with E-state index in [0.29, 0.717) is 18.6 Å². The summed E-state index contributed by atoms with van der Waals surface area (Å²) in [4.78, 5) is 12.5. The first-order valence-electron chi connectivity index (χ1n) is 7.47. The van der Waals surface area contributed by atoms with E-state index in [2.05, 4.69) is 24.3 Å². The zero-order chi connectivity index (χ0) is 14.5. The van der Waals surface area contributed by atoms with Crippen LogP contribution < -0.4 is 11.2 Å². The Hall–Kier alpha value is -1.39. The molecule has 1 aromatic carbocycles. The number of carbonyl (C=O) groups excluding carboxylic acids is 1. The van der Waals surface area contributed by atoms with Gasteiger partial charge in [-0.3, -0.25) is 10.2 Å². The lowest BCUT2D eigenvalue weighted by Crippen LogP contribution is -2.55. The minimum absolute atomic E-state index is 0.000648. The SMILES string of the molecule is CC1CCCC(C)N1NC(=O)C(CN)c1ccccc1. The number of hydrogen-bond donors (Lipinski definition) is 2. The molecule has 1 heterocycles. The fourth-order valence-electron chi connectivity index (χ4n) is 2.93. The van der Waals surface area contributed by atoms with Crippen LogP contribution in [0.25, 0.3) is 0 Å². The third-order valence-corrected chi connectivity index (χ3v) is 4.19. The summed E-state index contributed by atoms with van der Waals surface area (Å²) in [7, 11) is 0. The Kier molecular flexibility index (Phi) is 5.15. The third-order valence-electron chi connectivity index (χ3n) is 4.19. The maximum absolute atomic E-state index is 12.5. The molecule has 1 fully saturated rings. The van der Waals surface area contributed by atoms with E-state index in [9.17, 15) is 4.79 Å². The van der Waals surface area contributed by atoms with Gasteiger partial charge in [-0.15, -0.1) is 0 Å². The Balaban J connectivity index is 2.06. The summed E-state index contributed by atoms with van der Waals surface area (Å²) in [6.07, 6.45) is 3.49. The molecule has 3 atom stereocenters. The molecule has 0 radical (unpaired) electrons. The van der Waals surface area contributed by atoms with Gasteiger partial charge in [-0.25, -0.2) is 5.01 Å². The maximum atomic E-state index is 12.5. The molecule has 1 saturated heterocycles. The number of nitrogens with zero attached hydrogens (tertiary/aromatic N) is 1. The molecule has 3 unspecified atom stereocenters. The van der Waals surface area contributed by atoms with Gasteiger partial charge >= 0.3 is 0 Å². The molecule has 1 aliphatic heterocycles. The Bertz CT molecular complexity index is 425. The molecular formula is C16H25N3O. The number of benzene rings is 1. The molecule has 0 aliphatic carbocycles. The molecule has 1 aromatic rings. The second-order valence-corrected chi connectivity index (χ2v) is 5.71. The highest BCUT2D eigenvalue weighted by Crippen LogP contribution is 2.21. The number of carbonyl (C=O) groups is 1. The van der Waals surface area contributed by atoms with Crippen molar-refractivity contribution in [2.75, 3.05) is 6.54 Å². The van der Waals surface area contributed by atoms with Crippen molar-refractivity contribution in [3.05, 3.63) is 35.9 Å². The topological polar surface area (TPSA) is 58.4 Å². The molecule has 0 aromatic heterocycles. The van der Waals surface area contributed by atoms with Gasteiger partial charge < -0.3 is 5.73 Å². The lowest BCUT2D eigenvalue weighted by Gasteiger charge is -2.39. The highest BCUT2D eigenvalue weighted by atomic mass is 16.2. The van der Waals surface area contributed by atoms with E-state index in [4.69, 9.17) is 5.73 Å². The minimum Gasteiger partial charge on any atom is -0.329 e. The number of nitrogens with one attached hydrogen (secondary N) is 1. The smallest absolute Gasteiger partial charge is 0.243 e. The number of hydrogen-bond acceptors (Lipinski definition) is 3. The van der Waals surface area contributed by atoms with Gasteiger partial charge in [0.15, 0.2) is 0 Å². The van der Waals surface area contributed by atoms with Gasteiger partial charge in [0.1, 0.15) is 0 Å². The van der Waals surface area contributed by atoms with Gasteiger partial charge in [0.25, 0.3) is 0 Å². The molecule has 0 saturated carbocycles. The number of hydrazine groups is 1. The van der Waals surface area contributed by atoms with E-state index in [0.717, 1.165) is 18.4 Å². The quantitative estimate of drug-likeness (QED) is 0.884. The van der Waals surface area contributed by atoms with E-state index < -0.39 is 0 Å². The van der Waals surface area contributed by atoms with Crippen molar-refractivity contribution in [2.24, 2.45) is 5.73 Å². The first kappa shape index (κ1) is 15.0. The van der Waals surface area contributed by atoms with Crippen LogP contribution in [0.15, 0.2) is 30.3 Å². The monoisotopic (exact) mass is 275 g/mol. The Morgan fingerprint density at radius 1 is 1.30 bits per heavy atom. The Labute approximate surface area is 121 Å². The molecule has 1 aliphatic rings. The molecule has 4 heteroatoms. The van der Waals surface area contributed by atoms with Gasteiger partial charge in [-0.2, -0.15) is 0 Å². The van der Waals surface area contributed by atoms with Crippen LogP contribution in [0.2, 0.25) is 0 Å². The molecule has 2 rings (SSSR count). The number of nitrogens with two attached hydrogens (primary N) is 1. The number of rotatable bonds is 4. The van der Waals surface area contributed by atoms with Crippen LogP contribution in [-0.4, -0.2) is 29.5 Å². The van der Waals surface area contributed by atoms with Crippen molar-refractivity contribution >= 4 is 5.91 Å². The van der Waals surface area contributed by atoms with Crippen LogP contribution >= 0.6 is 0 Å². The summed E-state index contributed by atoms with van der Waals surface area (Å²) in [5.41, 5.74) is 9.86. The fourth-order valence-corrected chi connectivity index (χ4v) is 2.93. The van der Waals surface area contributed by atoms with E-state index in [1.54, 1.807) is 0 Å². The zero-order valence-corrected chi connectivity index (χ0v) is 12.4. The zero-order valence-electron chi connectivity index (χ0n) is 12.4. The summed E-state index contributed by atoms with van der Waals surface area (Å²) < 4.78 is 0. The summed E-state index contributed by atoms with van der Waals surface area (Å²) in [6, 6.07) is 10.5. The van der Waals surface area contributed by atoms with E-state index >= 15 is 0 Å². The fraction of sp³-hybridized carbons (Fsp3) is 0.562. The molecule has 1 amide bonds. The molecule has 3 N–H and O–H groups in total. The maximum Gasteiger partial charge on any atom is 0.243 e. The van der Waals surface area contributed by atoms with Crippen LogP contribution in [0.3, 0.4) is 0 Å². The first-order chi connectivity index (χ1) is 9.63. The van der Waals surface area contributed by atoms with Gasteiger partial charge in [0.05, 0.1) is 5.92 Å². The summed E-state index contributed by atoms with van der Waals surface area (Å²) >= 11 is 0. The average molecular weight is 275 g/mol.